The summed E-state index contributed by atoms with van der Waals surface area (Å²) in [5.74, 6) is -0.573. The van der Waals surface area contributed by atoms with Crippen molar-refractivity contribution in [1.29, 1.82) is 0 Å². The SMILES string of the molecule is CCOC=C(C(=O)c1ccc(Br)c(OCC)c1N(CC)C(=O)OC)C(=O)C1CC1. The van der Waals surface area contributed by atoms with E-state index >= 15 is 0 Å². The maximum atomic E-state index is 13.4. The number of nitrogens with zero attached hydrogens (tertiary/aromatic N) is 1. The van der Waals surface area contributed by atoms with Crippen LogP contribution in [0.1, 0.15) is 44.0 Å². The summed E-state index contributed by atoms with van der Waals surface area (Å²) in [4.78, 5) is 39.9. The van der Waals surface area contributed by atoms with Crippen molar-refractivity contribution in [2.24, 2.45) is 5.92 Å². The third-order valence-electron chi connectivity index (χ3n) is 4.42. The van der Waals surface area contributed by atoms with Crippen LogP contribution in [0.25, 0.3) is 0 Å². The first kappa shape index (κ1) is 22.9. The summed E-state index contributed by atoms with van der Waals surface area (Å²) in [7, 11) is 1.27. The minimum Gasteiger partial charge on any atom is -0.501 e. The van der Waals surface area contributed by atoms with Crippen molar-refractivity contribution in [2.75, 3.05) is 31.8 Å². The number of allylic oxidation sites excluding steroid dienone is 1. The number of methoxy groups -OCH3 is 1. The minimum atomic E-state index is -0.635. The lowest BCUT2D eigenvalue weighted by atomic mass is 9.96. The largest absolute Gasteiger partial charge is 0.501 e. The van der Waals surface area contributed by atoms with Crippen molar-refractivity contribution in [3.63, 3.8) is 0 Å². The summed E-state index contributed by atoms with van der Waals surface area (Å²) in [5, 5.41) is 0. The Morgan fingerprint density at radius 1 is 1.17 bits per heavy atom. The van der Waals surface area contributed by atoms with Crippen LogP contribution in [0.15, 0.2) is 28.4 Å². The van der Waals surface area contributed by atoms with Gasteiger partial charge in [-0.1, -0.05) is 0 Å². The van der Waals surface area contributed by atoms with Gasteiger partial charge in [-0.05, 0) is 61.7 Å². The van der Waals surface area contributed by atoms with Gasteiger partial charge in [0.25, 0.3) is 0 Å². The Morgan fingerprint density at radius 2 is 1.86 bits per heavy atom. The first-order valence-corrected chi connectivity index (χ1v) is 10.4. The van der Waals surface area contributed by atoms with Crippen LogP contribution < -0.4 is 9.64 Å². The molecule has 0 aromatic heterocycles. The Labute approximate surface area is 179 Å². The smallest absolute Gasteiger partial charge is 0.414 e. The molecular weight excluding hydrogens is 442 g/mol. The number of carbonyl (C=O) groups is 3. The van der Waals surface area contributed by atoms with Crippen molar-refractivity contribution in [2.45, 2.75) is 33.6 Å². The number of benzene rings is 1. The molecule has 1 amide bonds. The maximum absolute atomic E-state index is 13.4. The summed E-state index contributed by atoms with van der Waals surface area (Å²) >= 11 is 3.42. The molecular formula is C21H26BrNO6. The number of amides is 1. The first-order chi connectivity index (χ1) is 13.9. The van der Waals surface area contributed by atoms with E-state index < -0.39 is 11.9 Å². The molecule has 1 saturated carbocycles. The summed E-state index contributed by atoms with van der Waals surface area (Å²) in [6.45, 7) is 6.23. The van der Waals surface area contributed by atoms with Crippen LogP contribution in [0.4, 0.5) is 10.5 Å². The fourth-order valence-corrected chi connectivity index (χ4v) is 3.30. The third-order valence-corrected chi connectivity index (χ3v) is 5.05. The van der Waals surface area contributed by atoms with Crippen molar-refractivity contribution in [1.82, 2.24) is 0 Å². The van der Waals surface area contributed by atoms with E-state index in [0.717, 1.165) is 12.8 Å². The van der Waals surface area contributed by atoms with Gasteiger partial charge in [0.1, 0.15) is 11.3 Å². The molecule has 1 aromatic carbocycles. The second-order valence-electron chi connectivity index (χ2n) is 6.37. The highest BCUT2D eigenvalue weighted by Crippen LogP contribution is 2.41. The molecule has 2 rings (SSSR count). The van der Waals surface area contributed by atoms with Crippen molar-refractivity contribution >= 4 is 39.3 Å². The van der Waals surface area contributed by atoms with Gasteiger partial charge in [-0.15, -0.1) is 0 Å². The van der Waals surface area contributed by atoms with E-state index in [1.165, 1.54) is 18.3 Å². The van der Waals surface area contributed by atoms with Gasteiger partial charge in [0.2, 0.25) is 5.78 Å². The second kappa shape index (κ2) is 10.4. The first-order valence-electron chi connectivity index (χ1n) is 9.62. The van der Waals surface area contributed by atoms with E-state index in [1.807, 2.05) is 0 Å². The number of Topliss-reactive ketones (excluding diaryl/α,β-unsaturated/α-hetero) is 2. The minimum absolute atomic E-state index is 0.0266. The highest BCUT2D eigenvalue weighted by atomic mass is 79.9. The molecule has 0 atom stereocenters. The van der Waals surface area contributed by atoms with Crippen LogP contribution in [-0.2, 0) is 14.3 Å². The molecule has 0 N–H and O–H groups in total. The predicted octanol–water partition coefficient (Wildman–Crippen LogP) is 4.52. The summed E-state index contributed by atoms with van der Waals surface area (Å²) < 4.78 is 16.5. The molecule has 1 fully saturated rings. The molecule has 0 unspecified atom stereocenters. The summed E-state index contributed by atoms with van der Waals surface area (Å²) in [6, 6.07) is 3.22. The molecule has 1 aliphatic rings. The van der Waals surface area contributed by atoms with Gasteiger partial charge >= 0.3 is 6.09 Å². The number of ether oxygens (including phenoxy) is 3. The highest BCUT2D eigenvalue weighted by molar-refractivity contribution is 9.10. The van der Waals surface area contributed by atoms with Crippen LogP contribution in [0.5, 0.6) is 5.75 Å². The Kier molecular flexibility index (Phi) is 8.25. The quantitative estimate of drug-likeness (QED) is 0.165. The van der Waals surface area contributed by atoms with Crippen LogP contribution in [0, 0.1) is 5.92 Å². The van der Waals surface area contributed by atoms with Crippen molar-refractivity contribution < 1.29 is 28.6 Å². The zero-order chi connectivity index (χ0) is 21.6. The third kappa shape index (κ3) is 5.18. The Balaban J connectivity index is 2.65. The number of carbonyl (C=O) groups excluding carboxylic acids is 3. The van der Waals surface area contributed by atoms with Gasteiger partial charge < -0.3 is 14.2 Å². The summed E-state index contributed by atoms with van der Waals surface area (Å²) in [5.41, 5.74) is 0.400. The second-order valence-corrected chi connectivity index (χ2v) is 7.23. The van der Waals surface area contributed by atoms with Gasteiger partial charge in [0, 0.05) is 12.5 Å². The molecule has 8 heteroatoms. The van der Waals surface area contributed by atoms with E-state index in [-0.39, 0.29) is 35.1 Å². The Morgan fingerprint density at radius 3 is 2.38 bits per heavy atom. The average molecular weight is 468 g/mol. The number of anilines is 1. The maximum Gasteiger partial charge on any atom is 0.414 e. The lowest BCUT2D eigenvalue weighted by molar-refractivity contribution is -0.116. The molecule has 7 nitrogen and oxygen atoms in total. The van der Waals surface area contributed by atoms with Crippen molar-refractivity contribution in [3.05, 3.63) is 34.0 Å². The van der Waals surface area contributed by atoms with E-state index in [2.05, 4.69) is 15.9 Å². The van der Waals surface area contributed by atoms with Crippen LogP contribution in [0.3, 0.4) is 0 Å². The topological polar surface area (TPSA) is 82.1 Å². The van der Waals surface area contributed by atoms with Gasteiger partial charge in [-0.2, -0.15) is 0 Å². The predicted molar refractivity (Wildman–Crippen MR) is 113 cm³/mol. The fourth-order valence-electron chi connectivity index (χ4n) is 2.87. The standard InChI is InChI=1S/C21H26BrNO6/c1-5-23(21(26)27-4)17-14(10-11-16(22)20(17)29-7-3)19(25)15(12-28-6-2)18(24)13-8-9-13/h10-13H,5-9H2,1-4H3. The normalized spacial score (nSPS) is 13.6. The number of rotatable bonds is 10. The van der Waals surface area contributed by atoms with Gasteiger partial charge in [-0.25, -0.2) is 4.79 Å². The van der Waals surface area contributed by atoms with Crippen LogP contribution >= 0.6 is 15.9 Å². The van der Waals surface area contributed by atoms with Gasteiger partial charge in [0.05, 0.1) is 36.6 Å². The molecule has 0 radical (unpaired) electrons. The van der Waals surface area contributed by atoms with Gasteiger partial charge in [0.15, 0.2) is 11.5 Å². The zero-order valence-electron chi connectivity index (χ0n) is 17.1. The van der Waals surface area contributed by atoms with Crippen LogP contribution in [0.2, 0.25) is 0 Å². The number of hydrogen-bond donors (Lipinski definition) is 0. The monoisotopic (exact) mass is 467 g/mol. The van der Waals surface area contributed by atoms with E-state index in [9.17, 15) is 14.4 Å². The number of halogens is 1. The average Bonchev–Trinajstić information content (AvgIpc) is 3.56. The number of ketones is 2. The molecule has 0 bridgehead atoms. The van der Waals surface area contributed by atoms with Gasteiger partial charge in [-0.3, -0.25) is 14.5 Å². The summed E-state index contributed by atoms with van der Waals surface area (Å²) in [6.07, 6.45) is 2.11. The lowest BCUT2D eigenvalue weighted by Crippen LogP contribution is -2.33. The fraction of sp³-hybridized carbons (Fsp3) is 0.476. The molecule has 29 heavy (non-hydrogen) atoms. The molecule has 0 heterocycles. The molecule has 1 aromatic rings. The molecule has 1 aliphatic carbocycles. The zero-order valence-corrected chi connectivity index (χ0v) is 18.7. The lowest BCUT2D eigenvalue weighted by Gasteiger charge is -2.25. The van der Waals surface area contributed by atoms with Crippen molar-refractivity contribution in [3.8, 4) is 5.75 Å². The highest BCUT2D eigenvalue weighted by Gasteiger charge is 2.37. The number of hydrogen-bond acceptors (Lipinski definition) is 6. The molecule has 158 valence electrons. The van der Waals surface area contributed by atoms with E-state index in [0.29, 0.717) is 23.4 Å². The van der Waals surface area contributed by atoms with E-state index in [1.54, 1.807) is 32.9 Å². The Bertz CT molecular complexity index is 816. The Hall–Kier alpha value is -2.35. The molecule has 0 aliphatic heterocycles. The molecule has 0 spiro atoms. The van der Waals surface area contributed by atoms with Crippen LogP contribution in [-0.4, -0.2) is 44.5 Å². The molecule has 0 saturated heterocycles. The van der Waals surface area contributed by atoms with E-state index in [4.69, 9.17) is 14.2 Å².